The van der Waals surface area contributed by atoms with Crippen LogP contribution in [0.2, 0.25) is 0 Å². The summed E-state index contributed by atoms with van der Waals surface area (Å²) in [5.74, 6) is 0.281. The lowest BCUT2D eigenvalue weighted by Gasteiger charge is -2.09. The second-order valence-corrected chi connectivity index (χ2v) is 4.22. The average molecular weight is 215 g/mol. The molecule has 0 unspecified atom stereocenters. The highest BCUT2D eigenvalue weighted by molar-refractivity contribution is 5.98. The number of hydrogen-bond acceptors (Lipinski definition) is 2. The van der Waals surface area contributed by atoms with Gasteiger partial charge in [0.2, 0.25) is 0 Å². The second-order valence-electron chi connectivity index (χ2n) is 4.22. The first kappa shape index (κ1) is 11.2. The highest BCUT2D eigenvalue weighted by atomic mass is 16.1. The first-order valence-corrected chi connectivity index (χ1v) is 5.91. The Morgan fingerprint density at radius 3 is 2.88 bits per heavy atom. The molecule has 0 saturated carbocycles. The number of hydrogen-bond donors (Lipinski definition) is 1. The van der Waals surface area contributed by atoms with E-state index in [-0.39, 0.29) is 5.78 Å². The Labute approximate surface area is 97.1 Å². The number of rotatable bonds is 3. The monoisotopic (exact) mass is 215 g/mol. The zero-order valence-corrected chi connectivity index (χ0v) is 9.46. The maximum atomic E-state index is 11.9. The maximum absolute atomic E-state index is 11.9. The van der Waals surface area contributed by atoms with Crippen LogP contribution in [-0.2, 0) is 6.42 Å². The molecular weight excluding hydrogens is 198 g/mol. The first-order valence-electron chi connectivity index (χ1n) is 5.91. The summed E-state index contributed by atoms with van der Waals surface area (Å²) in [7, 11) is 0. The summed E-state index contributed by atoms with van der Waals surface area (Å²) in [6, 6.07) is 6.07. The SMILES string of the molecule is [CH]CCNc1ccc2c(c1)C(=O)CCCC2. The molecule has 2 rings (SSSR count). The average Bonchev–Trinajstić information content (AvgIpc) is 2.49. The standard InChI is InChI=1S/C14H17NO/c1-2-9-15-12-8-7-11-5-3-4-6-14(16)13(11)10-12/h1,7-8,10,15H,2-6,9H2. The van der Waals surface area contributed by atoms with Gasteiger partial charge in [0.1, 0.15) is 0 Å². The summed E-state index contributed by atoms with van der Waals surface area (Å²) in [6.07, 6.45) is 4.45. The number of aryl methyl sites for hydroxylation is 1. The number of carbonyl (C=O) groups is 1. The number of nitrogens with one attached hydrogen (secondary N) is 1. The van der Waals surface area contributed by atoms with Crippen LogP contribution in [0.1, 0.15) is 41.6 Å². The molecule has 1 N–H and O–H groups in total. The van der Waals surface area contributed by atoms with Crippen LogP contribution in [-0.4, -0.2) is 12.3 Å². The molecule has 1 aromatic rings. The lowest BCUT2D eigenvalue weighted by molar-refractivity contribution is 0.0982. The lowest BCUT2D eigenvalue weighted by Crippen LogP contribution is -2.04. The molecule has 0 aliphatic heterocycles. The van der Waals surface area contributed by atoms with Crippen molar-refractivity contribution in [3.05, 3.63) is 36.2 Å². The molecule has 0 atom stereocenters. The van der Waals surface area contributed by atoms with Gasteiger partial charge in [-0.3, -0.25) is 4.79 Å². The number of anilines is 1. The van der Waals surface area contributed by atoms with Gasteiger partial charge in [0, 0.05) is 24.2 Å². The van der Waals surface area contributed by atoms with Gasteiger partial charge in [0.15, 0.2) is 5.78 Å². The van der Waals surface area contributed by atoms with Crippen LogP contribution in [0, 0.1) is 6.92 Å². The molecule has 0 aromatic heterocycles. The van der Waals surface area contributed by atoms with Crippen molar-refractivity contribution in [3.63, 3.8) is 0 Å². The first-order chi connectivity index (χ1) is 7.81. The van der Waals surface area contributed by atoms with E-state index in [0.29, 0.717) is 12.8 Å². The van der Waals surface area contributed by atoms with E-state index in [0.717, 1.165) is 37.1 Å². The number of carbonyl (C=O) groups excluding carboxylic acids is 1. The van der Waals surface area contributed by atoms with Crippen molar-refractivity contribution in [3.8, 4) is 0 Å². The molecule has 0 amide bonds. The Kier molecular flexibility index (Phi) is 3.60. The molecular formula is C14H17NO. The van der Waals surface area contributed by atoms with E-state index >= 15 is 0 Å². The van der Waals surface area contributed by atoms with Gasteiger partial charge in [0.05, 0.1) is 0 Å². The summed E-state index contributed by atoms with van der Waals surface area (Å²) >= 11 is 0. The number of Topliss-reactive ketones (excluding diaryl/α,β-unsaturated/α-hetero) is 1. The minimum atomic E-state index is 0.281. The fraction of sp³-hybridized carbons (Fsp3) is 0.429. The Hall–Kier alpha value is -1.31. The molecule has 84 valence electrons. The summed E-state index contributed by atoms with van der Waals surface area (Å²) in [5.41, 5.74) is 3.10. The molecule has 2 radical (unpaired) electrons. The second kappa shape index (κ2) is 5.15. The van der Waals surface area contributed by atoms with Gasteiger partial charge in [-0.2, -0.15) is 0 Å². The topological polar surface area (TPSA) is 29.1 Å². The molecule has 0 bridgehead atoms. The van der Waals surface area contributed by atoms with E-state index in [1.807, 2.05) is 12.1 Å². The Balaban J connectivity index is 2.24. The van der Waals surface area contributed by atoms with Gasteiger partial charge < -0.3 is 5.32 Å². The van der Waals surface area contributed by atoms with E-state index in [1.54, 1.807) is 0 Å². The Bertz CT molecular complexity index is 384. The molecule has 0 heterocycles. The van der Waals surface area contributed by atoms with Gasteiger partial charge >= 0.3 is 0 Å². The van der Waals surface area contributed by atoms with Crippen LogP contribution >= 0.6 is 0 Å². The highest BCUT2D eigenvalue weighted by Gasteiger charge is 2.15. The molecule has 16 heavy (non-hydrogen) atoms. The Morgan fingerprint density at radius 1 is 1.25 bits per heavy atom. The summed E-state index contributed by atoms with van der Waals surface area (Å²) in [5, 5.41) is 3.21. The van der Waals surface area contributed by atoms with Crippen molar-refractivity contribution in [2.24, 2.45) is 0 Å². The zero-order chi connectivity index (χ0) is 11.4. The van der Waals surface area contributed by atoms with Crippen molar-refractivity contribution in [2.75, 3.05) is 11.9 Å². The van der Waals surface area contributed by atoms with Crippen LogP contribution < -0.4 is 5.32 Å². The van der Waals surface area contributed by atoms with Crippen LogP contribution in [0.15, 0.2) is 18.2 Å². The largest absolute Gasteiger partial charge is 0.385 e. The van der Waals surface area contributed by atoms with Crippen LogP contribution in [0.4, 0.5) is 5.69 Å². The van der Waals surface area contributed by atoms with Gasteiger partial charge in [-0.25, -0.2) is 0 Å². The van der Waals surface area contributed by atoms with Gasteiger partial charge in [0.25, 0.3) is 0 Å². The van der Waals surface area contributed by atoms with Gasteiger partial charge in [-0.15, -0.1) is 0 Å². The number of fused-ring (bicyclic) bond motifs is 1. The van der Waals surface area contributed by atoms with E-state index in [1.165, 1.54) is 5.56 Å². The fourth-order valence-corrected chi connectivity index (χ4v) is 2.12. The van der Waals surface area contributed by atoms with Gasteiger partial charge in [-0.1, -0.05) is 6.07 Å². The minimum absolute atomic E-state index is 0.281. The van der Waals surface area contributed by atoms with Crippen molar-refractivity contribution in [2.45, 2.75) is 32.1 Å². The number of ketones is 1. The Morgan fingerprint density at radius 2 is 2.06 bits per heavy atom. The highest BCUT2D eigenvalue weighted by Crippen LogP contribution is 2.23. The molecule has 1 aliphatic carbocycles. The minimum Gasteiger partial charge on any atom is -0.385 e. The number of benzene rings is 1. The lowest BCUT2D eigenvalue weighted by atomic mass is 10.0. The van der Waals surface area contributed by atoms with Gasteiger partial charge in [-0.05, 0) is 50.3 Å². The van der Waals surface area contributed by atoms with Crippen molar-refractivity contribution in [1.82, 2.24) is 0 Å². The fourth-order valence-electron chi connectivity index (χ4n) is 2.12. The van der Waals surface area contributed by atoms with E-state index < -0.39 is 0 Å². The van der Waals surface area contributed by atoms with Crippen molar-refractivity contribution < 1.29 is 4.79 Å². The molecule has 1 aromatic carbocycles. The third kappa shape index (κ3) is 2.43. The molecule has 2 nitrogen and oxygen atoms in total. The molecule has 0 fully saturated rings. The third-order valence-electron chi connectivity index (χ3n) is 2.98. The maximum Gasteiger partial charge on any atom is 0.163 e. The van der Waals surface area contributed by atoms with Crippen molar-refractivity contribution in [1.29, 1.82) is 0 Å². The quantitative estimate of drug-likeness (QED) is 0.785. The van der Waals surface area contributed by atoms with Crippen LogP contribution in [0.3, 0.4) is 0 Å². The van der Waals surface area contributed by atoms with Crippen LogP contribution in [0.25, 0.3) is 0 Å². The molecule has 1 aliphatic rings. The predicted molar refractivity (Wildman–Crippen MR) is 65.7 cm³/mol. The molecule has 2 heteroatoms. The van der Waals surface area contributed by atoms with Crippen molar-refractivity contribution >= 4 is 11.5 Å². The summed E-state index contributed by atoms with van der Waals surface area (Å²) < 4.78 is 0. The van der Waals surface area contributed by atoms with Crippen LogP contribution in [0.5, 0.6) is 0 Å². The summed E-state index contributed by atoms with van der Waals surface area (Å²) in [4.78, 5) is 11.9. The molecule has 0 saturated heterocycles. The molecule has 0 spiro atoms. The zero-order valence-electron chi connectivity index (χ0n) is 9.46. The smallest absolute Gasteiger partial charge is 0.163 e. The van der Waals surface area contributed by atoms with E-state index in [9.17, 15) is 4.79 Å². The summed E-state index contributed by atoms with van der Waals surface area (Å²) in [6.45, 7) is 6.18. The third-order valence-corrected chi connectivity index (χ3v) is 2.98. The van der Waals surface area contributed by atoms with E-state index in [4.69, 9.17) is 6.92 Å². The normalized spacial score (nSPS) is 15.4. The van der Waals surface area contributed by atoms with E-state index in [2.05, 4.69) is 11.4 Å². The predicted octanol–water partition coefficient (Wildman–Crippen LogP) is 3.11.